The van der Waals surface area contributed by atoms with Crippen LogP contribution in [0.1, 0.15) is 5.56 Å². The number of anilines is 1. The van der Waals surface area contributed by atoms with Crippen molar-refractivity contribution in [2.24, 2.45) is 0 Å². The summed E-state index contributed by atoms with van der Waals surface area (Å²) in [7, 11) is -3.58. The normalized spacial score (nSPS) is 11.2. The van der Waals surface area contributed by atoms with Crippen molar-refractivity contribution in [3.8, 4) is 0 Å². The van der Waals surface area contributed by atoms with Crippen molar-refractivity contribution in [3.05, 3.63) is 52.2 Å². The summed E-state index contributed by atoms with van der Waals surface area (Å²) in [6.07, 6.45) is 1.42. The van der Waals surface area contributed by atoms with Crippen molar-refractivity contribution >= 4 is 21.5 Å². The molecule has 1 aromatic heterocycles. The molecule has 0 saturated heterocycles. The third kappa shape index (κ3) is 3.52. The van der Waals surface area contributed by atoms with Gasteiger partial charge in [0.15, 0.2) is 0 Å². The van der Waals surface area contributed by atoms with Crippen molar-refractivity contribution < 1.29 is 13.3 Å². The molecule has 0 fully saturated rings. The SMILES string of the molecule is O=[N+]([O-])c1ccc(CS(=O)(=O)Nc2ccn[nH]2)cc1. The topological polar surface area (TPSA) is 118 Å². The van der Waals surface area contributed by atoms with Crippen LogP contribution >= 0.6 is 0 Å². The van der Waals surface area contributed by atoms with Crippen molar-refractivity contribution in [3.63, 3.8) is 0 Å². The van der Waals surface area contributed by atoms with Gasteiger partial charge in [0.2, 0.25) is 10.0 Å². The Kier molecular flexibility index (Phi) is 3.47. The van der Waals surface area contributed by atoms with Crippen LogP contribution in [0.25, 0.3) is 0 Å². The molecule has 0 saturated carbocycles. The van der Waals surface area contributed by atoms with Gasteiger partial charge in [-0.2, -0.15) is 5.10 Å². The Morgan fingerprint density at radius 1 is 1.26 bits per heavy atom. The molecule has 0 bridgehead atoms. The minimum atomic E-state index is -3.58. The van der Waals surface area contributed by atoms with Crippen molar-refractivity contribution in [1.29, 1.82) is 0 Å². The summed E-state index contributed by atoms with van der Waals surface area (Å²) in [5.41, 5.74) is 0.375. The van der Waals surface area contributed by atoms with Gasteiger partial charge in [0.1, 0.15) is 5.82 Å². The van der Waals surface area contributed by atoms with Crippen LogP contribution in [-0.2, 0) is 15.8 Å². The Hall–Kier alpha value is -2.42. The minimum Gasteiger partial charge on any atom is -0.267 e. The molecule has 9 heteroatoms. The Labute approximate surface area is 108 Å². The molecule has 100 valence electrons. The van der Waals surface area contributed by atoms with E-state index in [0.29, 0.717) is 5.56 Å². The monoisotopic (exact) mass is 282 g/mol. The summed E-state index contributed by atoms with van der Waals surface area (Å²) < 4.78 is 25.9. The number of hydrogen-bond acceptors (Lipinski definition) is 5. The zero-order valence-corrected chi connectivity index (χ0v) is 10.4. The lowest BCUT2D eigenvalue weighted by Crippen LogP contribution is -2.15. The molecule has 2 aromatic rings. The second kappa shape index (κ2) is 5.06. The number of nitro groups is 1. The van der Waals surface area contributed by atoms with Crippen LogP contribution in [0.2, 0.25) is 0 Å². The van der Waals surface area contributed by atoms with E-state index in [1.807, 2.05) is 0 Å². The van der Waals surface area contributed by atoms with Gasteiger partial charge in [0.05, 0.1) is 16.9 Å². The number of sulfonamides is 1. The third-order valence-electron chi connectivity index (χ3n) is 2.27. The van der Waals surface area contributed by atoms with E-state index in [9.17, 15) is 18.5 Å². The van der Waals surface area contributed by atoms with E-state index in [1.54, 1.807) is 0 Å². The Morgan fingerprint density at radius 2 is 1.95 bits per heavy atom. The highest BCUT2D eigenvalue weighted by atomic mass is 32.2. The first-order valence-corrected chi connectivity index (χ1v) is 6.85. The second-order valence-corrected chi connectivity index (χ2v) is 5.48. The third-order valence-corrected chi connectivity index (χ3v) is 3.51. The number of aromatic nitrogens is 2. The number of H-pyrrole nitrogens is 1. The molecule has 8 nitrogen and oxygen atoms in total. The van der Waals surface area contributed by atoms with E-state index in [4.69, 9.17) is 0 Å². The number of nitrogens with one attached hydrogen (secondary N) is 2. The molecule has 2 N–H and O–H groups in total. The van der Waals surface area contributed by atoms with Gasteiger partial charge in [-0.1, -0.05) is 12.1 Å². The van der Waals surface area contributed by atoms with Crippen LogP contribution < -0.4 is 4.72 Å². The summed E-state index contributed by atoms with van der Waals surface area (Å²) in [4.78, 5) is 9.93. The lowest BCUT2D eigenvalue weighted by atomic mass is 10.2. The molecule has 0 aliphatic rings. The van der Waals surface area contributed by atoms with Gasteiger partial charge in [-0.05, 0) is 5.56 Å². The Morgan fingerprint density at radius 3 is 2.47 bits per heavy atom. The fraction of sp³-hybridized carbons (Fsp3) is 0.100. The number of hydrogen-bond donors (Lipinski definition) is 2. The van der Waals surface area contributed by atoms with E-state index >= 15 is 0 Å². The molecular formula is C10H10N4O4S. The number of non-ortho nitro benzene ring substituents is 1. The lowest BCUT2D eigenvalue weighted by Gasteiger charge is -2.05. The fourth-order valence-electron chi connectivity index (χ4n) is 1.45. The average molecular weight is 282 g/mol. The molecular weight excluding hydrogens is 272 g/mol. The maximum Gasteiger partial charge on any atom is 0.269 e. The molecule has 2 rings (SSSR count). The van der Waals surface area contributed by atoms with E-state index in [2.05, 4.69) is 14.9 Å². The number of rotatable bonds is 5. The zero-order valence-electron chi connectivity index (χ0n) is 9.61. The number of nitrogens with zero attached hydrogens (tertiary/aromatic N) is 2. The Bertz CT molecular complexity index is 664. The highest BCUT2D eigenvalue weighted by Crippen LogP contribution is 2.15. The zero-order chi connectivity index (χ0) is 13.9. The fourth-order valence-corrected chi connectivity index (χ4v) is 2.60. The standard InChI is InChI=1S/C10H10N4O4S/c15-14(16)9-3-1-8(2-4-9)7-19(17,18)13-10-5-6-11-12-10/h1-6H,7H2,(H2,11,12,13). The predicted octanol–water partition coefficient (Wildman–Crippen LogP) is 1.26. The molecule has 0 atom stereocenters. The molecule has 0 unspecified atom stereocenters. The number of benzene rings is 1. The summed E-state index contributed by atoms with van der Waals surface area (Å²) in [6.45, 7) is 0. The van der Waals surface area contributed by atoms with E-state index in [-0.39, 0.29) is 17.3 Å². The molecule has 0 aliphatic heterocycles. The number of nitro benzene ring substituents is 1. The molecule has 1 aromatic carbocycles. The first-order chi connectivity index (χ1) is 8.96. The molecule has 0 radical (unpaired) electrons. The van der Waals surface area contributed by atoms with Crippen LogP contribution in [-0.4, -0.2) is 23.5 Å². The van der Waals surface area contributed by atoms with Gasteiger partial charge in [0, 0.05) is 18.2 Å². The average Bonchev–Trinajstić information content (AvgIpc) is 2.81. The molecule has 0 spiro atoms. The summed E-state index contributed by atoms with van der Waals surface area (Å²) >= 11 is 0. The van der Waals surface area contributed by atoms with Gasteiger partial charge in [0.25, 0.3) is 5.69 Å². The maximum atomic E-state index is 11.8. The number of aromatic amines is 1. The largest absolute Gasteiger partial charge is 0.269 e. The van der Waals surface area contributed by atoms with Crippen LogP contribution in [0.3, 0.4) is 0 Å². The van der Waals surface area contributed by atoms with Crippen molar-refractivity contribution in [1.82, 2.24) is 10.2 Å². The van der Waals surface area contributed by atoms with Crippen molar-refractivity contribution in [2.75, 3.05) is 4.72 Å². The van der Waals surface area contributed by atoms with Gasteiger partial charge >= 0.3 is 0 Å². The van der Waals surface area contributed by atoms with Crippen LogP contribution in [0.15, 0.2) is 36.5 Å². The van der Waals surface area contributed by atoms with Gasteiger partial charge in [-0.25, -0.2) is 8.42 Å². The highest BCUT2D eigenvalue weighted by molar-refractivity contribution is 7.91. The van der Waals surface area contributed by atoms with E-state index in [0.717, 1.165) is 0 Å². The van der Waals surface area contributed by atoms with Crippen molar-refractivity contribution in [2.45, 2.75) is 5.75 Å². The first kappa shape index (κ1) is 13.0. The smallest absolute Gasteiger partial charge is 0.267 e. The quantitative estimate of drug-likeness (QED) is 0.632. The van der Waals surface area contributed by atoms with Crippen LogP contribution in [0, 0.1) is 10.1 Å². The maximum absolute atomic E-state index is 11.8. The molecule has 0 amide bonds. The summed E-state index contributed by atoms with van der Waals surface area (Å²) in [6, 6.07) is 6.82. The van der Waals surface area contributed by atoms with Gasteiger partial charge in [-0.15, -0.1) is 0 Å². The minimum absolute atomic E-state index is 0.0809. The Balaban J connectivity index is 2.09. The molecule has 19 heavy (non-hydrogen) atoms. The molecule has 0 aliphatic carbocycles. The van der Waals surface area contributed by atoms with E-state index in [1.165, 1.54) is 36.5 Å². The van der Waals surface area contributed by atoms with Crippen LogP contribution in [0.5, 0.6) is 0 Å². The van der Waals surface area contributed by atoms with Gasteiger partial charge in [-0.3, -0.25) is 19.9 Å². The predicted molar refractivity (Wildman–Crippen MR) is 67.9 cm³/mol. The summed E-state index contributed by atoms with van der Waals surface area (Å²) in [5, 5.41) is 16.6. The van der Waals surface area contributed by atoms with Crippen LogP contribution in [0.4, 0.5) is 11.5 Å². The van der Waals surface area contributed by atoms with Gasteiger partial charge < -0.3 is 0 Å². The summed E-state index contributed by atoms with van der Waals surface area (Å²) in [5.74, 6) is -0.00814. The first-order valence-electron chi connectivity index (χ1n) is 5.19. The highest BCUT2D eigenvalue weighted by Gasteiger charge is 2.13. The van der Waals surface area contributed by atoms with E-state index < -0.39 is 14.9 Å². The lowest BCUT2D eigenvalue weighted by molar-refractivity contribution is -0.384. The molecule has 1 heterocycles. The second-order valence-electron chi connectivity index (χ2n) is 3.76.